The minimum Gasteiger partial charge on any atom is -0.357 e. The molecule has 0 spiro atoms. The number of ether oxygens (including phenoxy) is 1. The highest BCUT2D eigenvalue weighted by Crippen LogP contribution is 2.23. The SMILES string of the molecule is [C-]#[N+]c1cnn(C2CCCCO2)c1. The molecule has 0 N–H and O–H groups in total. The number of aromatic nitrogens is 2. The fourth-order valence-corrected chi connectivity index (χ4v) is 1.48. The molecule has 1 aromatic heterocycles. The summed E-state index contributed by atoms with van der Waals surface area (Å²) in [6.07, 6.45) is 6.67. The molecule has 0 bridgehead atoms. The second kappa shape index (κ2) is 3.58. The molecule has 2 rings (SSSR count). The predicted octanol–water partition coefficient (Wildman–Crippen LogP) is 2.13. The second-order valence-electron chi connectivity index (χ2n) is 3.11. The van der Waals surface area contributed by atoms with E-state index < -0.39 is 0 Å². The van der Waals surface area contributed by atoms with Gasteiger partial charge in [-0.05, 0) is 19.3 Å². The van der Waals surface area contributed by atoms with Gasteiger partial charge in [-0.1, -0.05) is 0 Å². The van der Waals surface area contributed by atoms with Gasteiger partial charge in [0.2, 0.25) is 5.69 Å². The van der Waals surface area contributed by atoms with Gasteiger partial charge in [0.05, 0.1) is 12.8 Å². The summed E-state index contributed by atoms with van der Waals surface area (Å²) < 4.78 is 7.26. The molecule has 4 heteroatoms. The van der Waals surface area contributed by atoms with E-state index in [1.54, 1.807) is 17.1 Å². The highest BCUT2D eigenvalue weighted by molar-refractivity contribution is 5.38. The molecule has 0 amide bonds. The molecule has 1 fully saturated rings. The summed E-state index contributed by atoms with van der Waals surface area (Å²) in [4.78, 5) is 3.30. The predicted molar refractivity (Wildman–Crippen MR) is 47.3 cm³/mol. The molecule has 1 atom stereocenters. The molecule has 0 aliphatic carbocycles. The van der Waals surface area contributed by atoms with E-state index in [0.717, 1.165) is 19.4 Å². The maximum absolute atomic E-state index is 6.80. The quantitative estimate of drug-likeness (QED) is 0.615. The van der Waals surface area contributed by atoms with E-state index in [1.807, 2.05) is 0 Å². The van der Waals surface area contributed by atoms with Gasteiger partial charge < -0.3 is 4.74 Å². The molecule has 4 nitrogen and oxygen atoms in total. The first-order chi connectivity index (χ1) is 6.40. The molecule has 0 radical (unpaired) electrons. The Bertz CT molecular complexity index is 320. The van der Waals surface area contributed by atoms with E-state index in [0.29, 0.717) is 5.69 Å². The molecule has 1 saturated heterocycles. The molecule has 0 aromatic carbocycles. The Balaban J connectivity index is 2.11. The third-order valence-corrected chi connectivity index (χ3v) is 2.17. The van der Waals surface area contributed by atoms with Crippen LogP contribution in [0.25, 0.3) is 4.85 Å². The van der Waals surface area contributed by atoms with Gasteiger partial charge in [-0.15, -0.1) is 0 Å². The van der Waals surface area contributed by atoms with Crippen molar-refractivity contribution in [3.8, 4) is 0 Å². The highest BCUT2D eigenvalue weighted by Gasteiger charge is 2.15. The van der Waals surface area contributed by atoms with E-state index >= 15 is 0 Å². The molecule has 1 aliphatic rings. The van der Waals surface area contributed by atoms with E-state index in [4.69, 9.17) is 11.3 Å². The second-order valence-corrected chi connectivity index (χ2v) is 3.11. The number of hydrogen-bond donors (Lipinski definition) is 0. The van der Waals surface area contributed by atoms with Crippen LogP contribution >= 0.6 is 0 Å². The minimum atomic E-state index is 0.0456. The van der Waals surface area contributed by atoms with Gasteiger partial charge >= 0.3 is 0 Å². The lowest BCUT2D eigenvalue weighted by Gasteiger charge is -2.22. The van der Waals surface area contributed by atoms with E-state index in [9.17, 15) is 0 Å². The van der Waals surface area contributed by atoms with Gasteiger partial charge in [0.15, 0.2) is 0 Å². The topological polar surface area (TPSA) is 31.4 Å². The normalized spacial score (nSPS) is 22.5. The molecule has 0 saturated carbocycles. The summed E-state index contributed by atoms with van der Waals surface area (Å²) in [5.41, 5.74) is 0.578. The van der Waals surface area contributed by atoms with Gasteiger partial charge in [-0.3, -0.25) is 4.68 Å². The van der Waals surface area contributed by atoms with E-state index in [1.165, 1.54) is 6.42 Å². The fourth-order valence-electron chi connectivity index (χ4n) is 1.48. The molecule has 1 aliphatic heterocycles. The van der Waals surface area contributed by atoms with Crippen LogP contribution in [-0.2, 0) is 4.74 Å². The average molecular weight is 177 g/mol. The summed E-state index contributed by atoms with van der Waals surface area (Å²) >= 11 is 0. The third kappa shape index (κ3) is 1.70. The standard InChI is InChI=1S/C9H11N3O/c1-10-8-6-11-12(7-8)9-4-2-3-5-13-9/h6-7,9H,2-5H2. The monoisotopic (exact) mass is 177 g/mol. The number of nitrogens with zero attached hydrogens (tertiary/aromatic N) is 3. The van der Waals surface area contributed by atoms with Crippen molar-refractivity contribution in [3.63, 3.8) is 0 Å². The van der Waals surface area contributed by atoms with Crippen molar-refractivity contribution >= 4 is 5.69 Å². The van der Waals surface area contributed by atoms with Gasteiger partial charge in [0.25, 0.3) is 0 Å². The lowest BCUT2D eigenvalue weighted by molar-refractivity contribution is -0.0394. The van der Waals surface area contributed by atoms with Crippen molar-refractivity contribution in [2.45, 2.75) is 25.5 Å². The van der Waals surface area contributed by atoms with Crippen molar-refractivity contribution in [2.24, 2.45) is 0 Å². The number of rotatable bonds is 1. The fraction of sp³-hybridized carbons (Fsp3) is 0.556. The first kappa shape index (κ1) is 8.27. The van der Waals surface area contributed by atoms with Gasteiger partial charge in [0.1, 0.15) is 6.23 Å². The van der Waals surface area contributed by atoms with E-state index in [2.05, 4.69) is 9.94 Å². The zero-order valence-electron chi connectivity index (χ0n) is 7.31. The van der Waals surface area contributed by atoms with Crippen molar-refractivity contribution in [3.05, 3.63) is 23.8 Å². The summed E-state index contributed by atoms with van der Waals surface area (Å²) in [5.74, 6) is 0. The average Bonchev–Trinajstić information content (AvgIpc) is 2.67. The van der Waals surface area contributed by atoms with Crippen molar-refractivity contribution in [2.75, 3.05) is 6.61 Å². The number of hydrogen-bond acceptors (Lipinski definition) is 2. The first-order valence-corrected chi connectivity index (χ1v) is 4.43. The van der Waals surface area contributed by atoms with Crippen LogP contribution < -0.4 is 0 Å². The van der Waals surface area contributed by atoms with Crippen molar-refractivity contribution < 1.29 is 4.74 Å². The van der Waals surface area contributed by atoms with Crippen LogP contribution in [0.1, 0.15) is 25.5 Å². The summed E-state index contributed by atoms with van der Waals surface area (Å²) in [5, 5.41) is 4.09. The maximum atomic E-state index is 6.80. The lowest BCUT2D eigenvalue weighted by Crippen LogP contribution is -2.18. The van der Waals surface area contributed by atoms with Crippen molar-refractivity contribution in [1.82, 2.24) is 9.78 Å². The van der Waals surface area contributed by atoms with Crippen LogP contribution in [0.4, 0.5) is 5.69 Å². The van der Waals surface area contributed by atoms with E-state index in [-0.39, 0.29) is 6.23 Å². The molecule has 2 heterocycles. The summed E-state index contributed by atoms with van der Waals surface area (Å²) in [6.45, 7) is 7.61. The third-order valence-electron chi connectivity index (χ3n) is 2.17. The zero-order valence-corrected chi connectivity index (χ0v) is 7.31. The Morgan fingerprint density at radius 2 is 2.54 bits per heavy atom. The van der Waals surface area contributed by atoms with Crippen LogP contribution in [0, 0.1) is 6.57 Å². The van der Waals surface area contributed by atoms with Crippen LogP contribution in [0.5, 0.6) is 0 Å². The zero-order chi connectivity index (χ0) is 9.10. The Hall–Kier alpha value is -1.34. The van der Waals surface area contributed by atoms with Crippen molar-refractivity contribution in [1.29, 1.82) is 0 Å². The first-order valence-electron chi connectivity index (χ1n) is 4.43. The minimum absolute atomic E-state index is 0.0456. The van der Waals surface area contributed by atoms with Crippen LogP contribution in [-0.4, -0.2) is 16.4 Å². The molecule has 1 unspecified atom stereocenters. The summed E-state index contributed by atoms with van der Waals surface area (Å²) in [7, 11) is 0. The molecule has 68 valence electrons. The Morgan fingerprint density at radius 3 is 3.15 bits per heavy atom. The summed E-state index contributed by atoms with van der Waals surface area (Å²) in [6, 6.07) is 0. The van der Waals surface area contributed by atoms with Gasteiger partial charge in [-0.25, -0.2) is 4.85 Å². The highest BCUT2D eigenvalue weighted by atomic mass is 16.5. The maximum Gasteiger partial charge on any atom is 0.224 e. The van der Waals surface area contributed by atoms with Crippen LogP contribution in [0.3, 0.4) is 0 Å². The molecule has 13 heavy (non-hydrogen) atoms. The van der Waals surface area contributed by atoms with Gasteiger partial charge in [0, 0.05) is 12.8 Å². The largest absolute Gasteiger partial charge is 0.357 e. The molecule has 1 aromatic rings. The Labute approximate surface area is 76.9 Å². The molecular formula is C9H11N3O. The van der Waals surface area contributed by atoms with Crippen LogP contribution in [0.2, 0.25) is 0 Å². The Morgan fingerprint density at radius 1 is 1.62 bits per heavy atom. The molecular weight excluding hydrogens is 166 g/mol. The smallest absolute Gasteiger partial charge is 0.224 e. The Kier molecular flexibility index (Phi) is 2.28. The lowest BCUT2D eigenvalue weighted by atomic mass is 10.2. The van der Waals surface area contributed by atoms with Crippen LogP contribution in [0.15, 0.2) is 12.4 Å². The van der Waals surface area contributed by atoms with Gasteiger partial charge in [-0.2, -0.15) is 5.10 Å².